The van der Waals surface area contributed by atoms with E-state index in [1.807, 2.05) is 0 Å². The molecule has 0 radical (unpaired) electrons. The van der Waals surface area contributed by atoms with Gasteiger partial charge in [0.05, 0.1) is 0 Å². The minimum atomic E-state index is 0.875. The van der Waals surface area contributed by atoms with Crippen molar-refractivity contribution in [3.63, 3.8) is 0 Å². The highest BCUT2D eigenvalue weighted by molar-refractivity contribution is 5.88. The molecular weight excluding hydrogens is 220 g/mol. The van der Waals surface area contributed by atoms with Gasteiger partial charge in [0.2, 0.25) is 0 Å². The van der Waals surface area contributed by atoms with Gasteiger partial charge < -0.3 is 4.42 Å². The van der Waals surface area contributed by atoms with Gasteiger partial charge in [-0.25, -0.2) is 0 Å². The molecule has 18 heavy (non-hydrogen) atoms. The third-order valence-electron chi connectivity index (χ3n) is 3.54. The fourth-order valence-electron chi connectivity index (χ4n) is 2.48. The maximum Gasteiger partial charge on any atom is 0.135 e. The zero-order valence-corrected chi connectivity index (χ0v) is 10.6. The van der Waals surface area contributed by atoms with Crippen LogP contribution in [-0.2, 0) is 0 Å². The number of benzene rings is 1. The molecule has 1 aliphatic carbocycles. The lowest BCUT2D eigenvalue weighted by Crippen LogP contribution is -1.87. The monoisotopic (exact) mass is 236 g/mol. The molecule has 1 nitrogen and oxygen atoms in total. The molecule has 0 saturated carbocycles. The molecule has 0 spiro atoms. The van der Waals surface area contributed by atoms with Crippen molar-refractivity contribution in [2.75, 3.05) is 0 Å². The standard InChI is InChI=1S/C17H16O/c1-3-16-12(2)15-11-14(9-10-17(15)18-16)13-7-5-4-6-8-13/h3-5,7,9-11H,1,6,8H2,2H3. The van der Waals surface area contributed by atoms with E-state index in [1.165, 1.54) is 22.1 Å². The molecule has 1 aliphatic rings. The minimum Gasteiger partial charge on any atom is -0.456 e. The molecule has 3 rings (SSSR count). The molecule has 0 aliphatic heterocycles. The first kappa shape index (κ1) is 11.1. The van der Waals surface area contributed by atoms with Crippen LogP contribution >= 0.6 is 0 Å². The molecule has 2 aromatic rings. The second-order valence-electron chi connectivity index (χ2n) is 4.67. The molecule has 90 valence electrons. The van der Waals surface area contributed by atoms with Crippen molar-refractivity contribution in [3.05, 3.63) is 59.9 Å². The highest BCUT2D eigenvalue weighted by atomic mass is 16.3. The first-order valence-electron chi connectivity index (χ1n) is 6.31. The van der Waals surface area contributed by atoms with Crippen LogP contribution in [0.5, 0.6) is 0 Å². The molecule has 0 saturated heterocycles. The van der Waals surface area contributed by atoms with Crippen molar-refractivity contribution < 1.29 is 4.42 Å². The van der Waals surface area contributed by atoms with Crippen LogP contribution in [0.1, 0.15) is 29.7 Å². The molecule has 0 N–H and O–H groups in total. The van der Waals surface area contributed by atoms with E-state index in [9.17, 15) is 0 Å². The van der Waals surface area contributed by atoms with E-state index in [2.05, 4.69) is 49.9 Å². The summed E-state index contributed by atoms with van der Waals surface area (Å²) in [4.78, 5) is 0. The van der Waals surface area contributed by atoms with Crippen LogP contribution in [0.2, 0.25) is 0 Å². The largest absolute Gasteiger partial charge is 0.456 e. The smallest absolute Gasteiger partial charge is 0.135 e. The Morgan fingerprint density at radius 1 is 1.33 bits per heavy atom. The number of hydrogen-bond acceptors (Lipinski definition) is 1. The van der Waals surface area contributed by atoms with Crippen molar-refractivity contribution in [2.24, 2.45) is 0 Å². The van der Waals surface area contributed by atoms with Crippen molar-refractivity contribution in [2.45, 2.75) is 19.8 Å². The van der Waals surface area contributed by atoms with Gasteiger partial charge in [-0.05, 0) is 49.1 Å². The van der Waals surface area contributed by atoms with E-state index in [1.54, 1.807) is 6.08 Å². The molecule has 1 aromatic carbocycles. The number of fused-ring (bicyclic) bond motifs is 1. The van der Waals surface area contributed by atoms with Crippen LogP contribution in [0.4, 0.5) is 0 Å². The van der Waals surface area contributed by atoms with Gasteiger partial charge in [-0.15, -0.1) is 0 Å². The third kappa shape index (κ3) is 1.72. The van der Waals surface area contributed by atoms with Crippen LogP contribution in [0.3, 0.4) is 0 Å². The van der Waals surface area contributed by atoms with Gasteiger partial charge in [0.1, 0.15) is 11.3 Å². The second kappa shape index (κ2) is 4.34. The molecule has 0 fully saturated rings. The number of furan rings is 1. The van der Waals surface area contributed by atoms with Crippen molar-refractivity contribution >= 4 is 22.6 Å². The average molecular weight is 236 g/mol. The van der Waals surface area contributed by atoms with Crippen LogP contribution in [0.25, 0.3) is 22.6 Å². The Hall–Kier alpha value is -2.02. The van der Waals surface area contributed by atoms with Crippen molar-refractivity contribution in [1.29, 1.82) is 0 Å². The van der Waals surface area contributed by atoms with Crippen LogP contribution < -0.4 is 0 Å². The maximum atomic E-state index is 5.74. The summed E-state index contributed by atoms with van der Waals surface area (Å²) in [5.41, 5.74) is 4.82. The molecule has 0 atom stereocenters. The number of rotatable bonds is 2. The summed E-state index contributed by atoms with van der Waals surface area (Å²) in [5, 5.41) is 1.19. The third-order valence-corrected chi connectivity index (χ3v) is 3.54. The Bertz CT molecular complexity index is 668. The first-order chi connectivity index (χ1) is 8.79. The highest BCUT2D eigenvalue weighted by Gasteiger charge is 2.10. The Morgan fingerprint density at radius 2 is 2.22 bits per heavy atom. The predicted octanol–water partition coefficient (Wildman–Crippen LogP) is 5.12. The topological polar surface area (TPSA) is 13.1 Å². The Kier molecular flexibility index (Phi) is 2.67. The Balaban J connectivity index is 2.15. The van der Waals surface area contributed by atoms with Gasteiger partial charge in [0.25, 0.3) is 0 Å². The lowest BCUT2D eigenvalue weighted by atomic mass is 9.96. The fourth-order valence-corrected chi connectivity index (χ4v) is 2.48. The van der Waals surface area contributed by atoms with Gasteiger partial charge in [-0.1, -0.05) is 30.9 Å². The molecular formula is C17H16O. The Morgan fingerprint density at radius 3 is 2.94 bits per heavy atom. The first-order valence-corrected chi connectivity index (χ1v) is 6.31. The number of hydrogen-bond donors (Lipinski definition) is 0. The summed E-state index contributed by atoms with van der Waals surface area (Å²) in [6.45, 7) is 5.87. The predicted molar refractivity (Wildman–Crippen MR) is 77.4 cm³/mol. The van der Waals surface area contributed by atoms with Crippen molar-refractivity contribution in [1.82, 2.24) is 0 Å². The van der Waals surface area contributed by atoms with Crippen molar-refractivity contribution in [3.8, 4) is 0 Å². The van der Waals surface area contributed by atoms with Gasteiger partial charge in [-0.3, -0.25) is 0 Å². The zero-order chi connectivity index (χ0) is 12.5. The van der Waals surface area contributed by atoms with E-state index in [4.69, 9.17) is 4.42 Å². The van der Waals surface area contributed by atoms with Crippen LogP contribution in [-0.4, -0.2) is 0 Å². The van der Waals surface area contributed by atoms with E-state index in [-0.39, 0.29) is 0 Å². The van der Waals surface area contributed by atoms with Gasteiger partial charge in [0, 0.05) is 10.9 Å². The fraction of sp³-hybridized carbons (Fsp3) is 0.176. The summed E-state index contributed by atoms with van der Waals surface area (Å²) >= 11 is 0. The van der Waals surface area contributed by atoms with E-state index < -0.39 is 0 Å². The van der Waals surface area contributed by atoms with E-state index >= 15 is 0 Å². The normalized spacial score (nSPS) is 14.8. The number of aryl methyl sites for hydroxylation is 1. The SMILES string of the molecule is C=Cc1oc2ccc(C3=CC=CCC3)cc2c1C. The van der Waals surface area contributed by atoms with Crippen LogP contribution in [0.15, 0.2) is 47.4 Å². The summed E-state index contributed by atoms with van der Waals surface area (Å²) in [6.07, 6.45) is 10.6. The molecule has 1 heteroatoms. The van der Waals surface area contributed by atoms with Crippen LogP contribution in [0, 0.1) is 6.92 Å². The summed E-state index contributed by atoms with van der Waals surface area (Å²) in [5.74, 6) is 0.875. The minimum absolute atomic E-state index is 0.875. The average Bonchev–Trinajstić information content (AvgIpc) is 2.76. The summed E-state index contributed by atoms with van der Waals surface area (Å²) in [7, 11) is 0. The van der Waals surface area contributed by atoms with E-state index in [0.29, 0.717) is 0 Å². The lowest BCUT2D eigenvalue weighted by Gasteiger charge is -2.09. The molecule has 1 heterocycles. The van der Waals surface area contributed by atoms with Gasteiger partial charge in [0.15, 0.2) is 0 Å². The van der Waals surface area contributed by atoms with Gasteiger partial charge >= 0.3 is 0 Å². The Labute approximate surface area is 107 Å². The van der Waals surface area contributed by atoms with Gasteiger partial charge in [-0.2, -0.15) is 0 Å². The maximum absolute atomic E-state index is 5.74. The molecule has 0 unspecified atom stereocenters. The van der Waals surface area contributed by atoms with E-state index in [0.717, 1.165) is 24.2 Å². The lowest BCUT2D eigenvalue weighted by molar-refractivity contribution is 0.601. The number of allylic oxidation sites excluding steroid dienone is 4. The highest BCUT2D eigenvalue weighted by Crippen LogP contribution is 2.31. The summed E-state index contributed by atoms with van der Waals surface area (Å²) in [6, 6.07) is 6.43. The molecule has 1 aromatic heterocycles. The molecule has 0 bridgehead atoms. The second-order valence-corrected chi connectivity index (χ2v) is 4.67. The molecule has 0 amide bonds. The quantitative estimate of drug-likeness (QED) is 0.705. The zero-order valence-electron chi connectivity index (χ0n) is 10.6. The summed E-state index contributed by atoms with van der Waals surface area (Å²) < 4.78 is 5.74.